The second kappa shape index (κ2) is 6.12. The molecule has 2 aromatic rings. The molecule has 0 aliphatic heterocycles. The number of nitrogens with one attached hydrogen (secondary N) is 1. The maximum Gasteiger partial charge on any atom is 0.293 e. The number of aromatic hydroxyl groups is 1. The minimum absolute atomic E-state index is 0.228. The Morgan fingerprint density at radius 1 is 1.32 bits per heavy atom. The number of benzene rings is 1. The lowest BCUT2D eigenvalue weighted by atomic mass is 10.2. The van der Waals surface area contributed by atoms with E-state index < -0.39 is 17.1 Å². The van der Waals surface area contributed by atoms with E-state index >= 15 is 0 Å². The van der Waals surface area contributed by atoms with Crippen LogP contribution in [-0.4, -0.2) is 15.8 Å². The molecule has 1 aromatic heterocycles. The molecule has 6 heteroatoms. The third-order valence-corrected chi connectivity index (χ3v) is 3.80. The van der Waals surface area contributed by atoms with E-state index in [9.17, 15) is 14.3 Å². The summed E-state index contributed by atoms with van der Waals surface area (Å²) in [5.74, 6) is -1.11. The first-order chi connectivity index (χ1) is 9.08. The zero-order chi connectivity index (χ0) is 13.8. The lowest BCUT2D eigenvalue weighted by Gasteiger charge is -2.04. The molecule has 0 fully saturated rings. The predicted molar refractivity (Wildman–Crippen MR) is 74.6 cm³/mol. The molecule has 2 rings (SSSR count). The van der Waals surface area contributed by atoms with Crippen LogP contribution in [0.1, 0.15) is 5.56 Å². The molecular formula is C13H11ClFNO2S. The number of H-pyrrole nitrogens is 1. The highest BCUT2D eigenvalue weighted by Gasteiger charge is 2.11. The maximum absolute atomic E-state index is 13.5. The Balaban J connectivity index is 1.98. The third kappa shape index (κ3) is 3.52. The summed E-state index contributed by atoms with van der Waals surface area (Å²) in [6.07, 6.45) is 2.01. The van der Waals surface area contributed by atoms with Crippen LogP contribution in [0.5, 0.6) is 5.75 Å². The molecule has 3 nitrogen and oxygen atoms in total. The van der Waals surface area contributed by atoms with Gasteiger partial charge in [0.05, 0.1) is 4.90 Å². The first-order valence-corrected chi connectivity index (χ1v) is 6.91. The average molecular weight is 300 g/mol. The Morgan fingerprint density at radius 3 is 2.68 bits per heavy atom. The fourth-order valence-corrected chi connectivity index (χ4v) is 2.56. The zero-order valence-corrected chi connectivity index (χ0v) is 11.4. The van der Waals surface area contributed by atoms with Crippen molar-refractivity contribution in [3.8, 4) is 5.75 Å². The first kappa shape index (κ1) is 14.0. The number of thioether (sulfide) groups is 1. The molecule has 1 heterocycles. The third-order valence-electron chi connectivity index (χ3n) is 2.54. The predicted octanol–water partition coefficient (Wildman–Crippen LogP) is 3.21. The van der Waals surface area contributed by atoms with Gasteiger partial charge >= 0.3 is 0 Å². The molecule has 0 saturated carbocycles. The van der Waals surface area contributed by atoms with E-state index in [-0.39, 0.29) is 4.90 Å². The summed E-state index contributed by atoms with van der Waals surface area (Å²) < 4.78 is 13.5. The lowest BCUT2D eigenvalue weighted by molar-refractivity contribution is 0.415. The SMILES string of the molecule is O=c1[nH]cc(SCCc2ccc(Cl)cc2)c(F)c1O. The fraction of sp³-hybridized carbons (Fsp3) is 0.154. The Bertz CT molecular complexity index is 628. The number of hydrogen-bond donors (Lipinski definition) is 2. The summed E-state index contributed by atoms with van der Waals surface area (Å²) in [6.45, 7) is 0. The van der Waals surface area contributed by atoms with Crippen molar-refractivity contribution < 1.29 is 9.50 Å². The van der Waals surface area contributed by atoms with Gasteiger partial charge in [-0.15, -0.1) is 11.8 Å². The number of pyridine rings is 1. The van der Waals surface area contributed by atoms with Crippen LogP contribution in [0, 0.1) is 5.82 Å². The van der Waals surface area contributed by atoms with E-state index in [0.29, 0.717) is 10.8 Å². The molecule has 0 amide bonds. The topological polar surface area (TPSA) is 53.1 Å². The molecule has 0 atom stereocenters. The number of hydrogen-bond acceptors (Lipinski definition) is 3. The minimum atomic E-state index is -0.871. The molecular weight excluding hydrogens is 289 g/mol. The zero-order valence-electron chi connectivity index (χ0n) is 9.82. The molecule has 0 saturated heterocycles. The van der Waals surface area contributed by atoms with Gasteiger partial charge < -0.3 is 10.1 Å². The van der Waals surface area contributed by atoms with Crippen molar-refractivity contribution in [2.75, 3.05) is 5.75 Å². The average Bonchev–Trinajstić information content (AvgIpc) is 2.41. The Morgan fingerprint density at radius 2 is 2.00 bits per heavy atom. The van der Waals surface area contributed by atoms with Gasteiger partial charge in [0.2, 0.25) is 5.75 Å². The Labute approximate surface area is 118 Å². The van der Waals surface area contributed by atoms with E-state index in [2.05, 4.69) is 4.98 Å². The highest BCUT2D eigenvalue weighted by atomic mass is 35.5. The number of halogens is 2. The van der Waals surface area contributed by atoms with Gasteiger partial charge in [-0.25, -0.2) is 4.39 Å². The smallest absolute Gasteiger partial charge is 0.293 e. The quantitative estimate of drug-likeness (QED) is 0.852. The highest BCUT2D eigenvalue weighted by molar-refractivity contribution is 7.99. The van der Waals surface area contributed by atoms with Crippen LogP contribution in [0.25, 0.3) is 0 Å². The molecule has 0 spiro atoms. The number of rotatable bonds is 4. The van der Waals surface area contributed by atoms with Gasteiger partial charge in [-0.05, 0) is 24.1 Å². The van der Waals surface area contributed by atoms with Gasteiger partial charge in [-0.1, -0.05) is 23.7 Å². The summed E-state index contributed by atoms with van der Waals surface area (Å²) in [5, 5.41) is 9.86. The molecule has 0 aliphatic carbocycles. The fourth-order valence-electron chi connectivity index (χ4n) is 1.51. The monoisotopic (exact) mass is 299 g/mol. The summed E-state index contributed by atoms with van der Waals surface area (Å²) in [7, 11) is 0. The van der Waals surface area contributed by atoms with Gasteiger partial charge in [-0.3, -0.25) is 4.79 Å². The van der Waals surface area contributed by atoms with E-state index in [1.165, 1.54) is 18.0 Å². The van der Waals surface area contributed by atoms with Crippen LogP contribution in [-0.2, 0) is 6.42 Å². The van der Waals surface area contributed by atoms with Gasteiger partial charge in [0.15, 0.2) is 5.82 Å². The van der Waals surface area contributed by atoms with Crippen molar-refractivity contribution in [2.45, 2.75) is 11.3 Å². The van der Waals surface area contributed by atoms with Crippen molar-refractivity contribution in [3.05, 3.63) is 57.2 Å². The van der Waals surface area contributed by atoms with Crippen molar-refractivity contribution in [2.24, 2.45) is 0 Å². The summed E-state index contributed by atoms with van der Waals surface area (Å²) >= 11 is 7.01. The van der Waals surface area contributed by atoms with E-state index in [1.54, 1.807) is 12.1 Å². The van der Waals surface area contributed by atoms with E-state index in [1.807, 2.05) is 12.1 Å². The van der Waals surface area contributed by atoms with Gasteiger partial charge in [0.1, 0.15) is 0 Å². The van der Waals surface area contributed by atoms with Crippen molar-refractivity contribution in [1.82, 2.24) is 4.98 Å². The van der Waals surface area contributed by atoms with E-state index in [4.69, 9.17) is 11.6 Å². The van der Waals surface area contributed by atoms with Crippen LogP contribution >= 0.6 is 23.4 Å². The van der Waals surface area contributed by atoms with Crippen LogP contribution in [0.4, 0.5) is 4.39 Å². The van der Waals surface area contributed by atoms with Crippen LogP contribution in [0.3, 0.4) is 0 Å². The van der Waals surface area contributed by atoms with E-state index in [0.717, 1.165) is 12.0 Å². The molecule has 19 heavy (non-hydrogen) atoms. The highest BCUT2D eigenvalue weighted by Crippen LogP contribution is 2.25. The summed E-state index contributed by atoms with van der Waals surface area (Å²) in [5.41, 5.74) is 0.269. The molecule has 2 N–H and O–H groups in total. The first-order valence-electron chi connectivity index (χ1n) is 5.55. The summed E-state index contributed by atoms with van der Waals surface area (Å²) in [4.78, 5) is 13.5. The second-order valence-electron chi connectivity index (χ2n) is 3.87. The standard InChI is InChI=1S/C13H11ClFNO2S/c14-9-3-1-8(2-4-9)5-6-19-10-7-16-13(18)12(17)11(10)15/h1-4,7,17H,5-6H2,(H,16,18). The Hall–Kier alpha value is -1.46. The normalized spacial score (nSPS) is 10.6. The van der Waals surface area contributed by atoms with Crippen LogP contribution < -0.4 is 5.56 Å². The van der Waals surface area contributed by atoms with Gasteiger partial charge in [-0.2, -0.15) is 0 Å². The number of aromatic nitrogens is 1. The van der Waals surface area contributed by atoms with Crippen molar-refractivity contribution in [1.29, 1.82) is 0 Å². The largest absolute Gasteiger partial charge is 0.501 e. The van der Waals surface area contributed by atoms with Gasteiger partial charge in [0.25, 0.3) is 5.56 Å². The van der Waals surface area contributed by atoms with Crippen LogP contribution in [0.15, 0.2) is 40.2 Å². The Kier molecular flexibility index (Phi) is 4.50. The molecule has 0 aliphatic rings. The molecule has 1 aromatic carbocycles. The second-order valence-corrected chi connectivity index (χ2v) is 5.44. The minimum Gasteiger partial charge on any atom is -0.501 e. The maximum atomic E-state index is 13.5. The van der Waals surface area contributed by atoms with Crippen LogP contribution in [0.2, 0.25) is 5.02 Å². The number of aryl methyl sites for hydroxylation is 1. The van der Waals surface area contributed by atoms with Gasteiger partial charge in [0, 0.05) is 17.0 Å². The summed E-state index contributed by atoms with van der Waals surface area (Å²) in [6, 6.07) is 7.41. The number of aromatic amines is 1. The molecule has 0 bridgehead atoms. The molecule has 0 unspecified atom stereocenters. The molecule has 0 radical (unpaired) electrons. The van der Waals surface area contributed by atoms with Crippen molar-refractivity contribution >= 4 is 23.4 Å². The molecule has 100 valence electrons. The lowest BCUT2D eigenvalue weighted by Crippen LogP contribution is -2.07. The van der Waals surface area contributed by atoms with Crippen molar-refractivity contribution in [3.63, 3.8) is 0 Å².